The molecule has 34 heavy (non-hydrogen) atoms. The summed E-state index contributed by atoms with van der Waals surface area (Å²) in [5, 5.41) is 12.2. The third-order valence-corrected chi connectivity index (χ3v) is 5.62. The minimum atomic E-state index is -1.11. The highest BCUT2D eigenvalue weighted by Gasteiger charge is 2.30. The fraction of sp³-hybridized carbons (Fsp3) is 0.250. The van der Waals surface area contributed by atoms with Crippen molar-refractivity contribution in [2.24, 2.45) is 5.41 Å². The molecule has 6 nitrogen and oxygen atoms in total. The first-order valence-corrected chi connectivity index (χ1v) is 11.3. The largest absolute Gasteiger partial charge is 0.481 e. The number of nitrogens with one attached hydrogen (secondary N) is 1. The van der Waals surface area contributed by atoms with E-state index in [1.807, 2.05) is 73.7 Å². The maximum absolute atomic E-state index is 12.8. The topological polar surface area (TPSA) is 86.7 Å². The van der Waals surface area contributed by atoms with Crippen molar-refractivity contribution in [3.63, 3.8) is 0 Å². The van der Waals surface area contributed by atoms with Crippen LogP contribution >= 0.6 is 0 Å². The summed E-state index contributed by atoms with van der Waals surface area (Å²) in [7, 11) is 0. The molecule has 176 valence electrons. The number of anilines is 2. The van der Waals surface area contributed by atoms with Crippen LogP contribution in [0.15, 0.2) is 78.9 Å². The minimum absolute atomic E-state index is 0.0614. The van der Waals surface area contributed by atoms with Crippen molar-refractivity contribution < 1.29 is 19.5 Å². The number of para-hydroxylation sites is 1. The molecule has 0 spiro atoms. The van der Waals surface area contributed by atoms with E-state index < -0.39 is 11.4 Å². The van der Waals surface area contributed by atoms with Crippen LogP contribution in [-0.2, 0) is 4.79 Å². The Morgan fingerprint density at radius 2 is 1.41 bits per heavy atom. The molecule has 0 radical (unpaired) electrons. The molecule has 0 bridgehead atoms. The summed E-state index contributed by atoms with van der Waals surface area (Å²) in [6, 6.07) is 24.0. The predicted octanol–water partition coefficient (Wildman–Crippen LogP) is 6.49. The molecule has 0 aliphatic carbocycles. The molecule has 3 aromatic carbocycles. The molecule has 0 fully saturated rings. The number of carboxylic acid groups (broad SMARTS) is 1. The number of nitrogens with zero attached hydrogens (tertiary/aromatic N) is 1. The van der Waals surface area contributed by atoms with E-state index in [9.17, 15) is 19.5 Å². The van der Waals surface area contributed by atoms with E-state index in [4.69, 9.17) is 0 Å². The second kappa shape index (κ2) is 10.8. The second-order valence-corrected chi connectivity index (χ2v) is 8.86. The zero-order valence-electron chi connectivity index (χ0n) is 19.7. The first-order valence-electron chi connectivity index (χ1n) is 11.3. The lowest BCUT2D eigenvalue weighted by Crippen LogP contribution is -2.35. The van der Waals surface area contributed by atoms with Gasteiger partial charge in [-0.15, -0.1) is 0 Å². The highest BCUT2D eigenvalue weighted by Crippen LogP contribution is 2.26. The van der Waals surface area contributed by atoms with Crippen LogP contribution in [0.25, 0.3) is 11.1 Å². The van der Waals surface area contributed by atoms with E-state index in [1.54, 1.807) is 30.9 Å². The van der Waals surface area contributed by atoms with Crippen LogP contribution in [0.5, 0.6) is 0 Å². The van der Waals surface area contributed by atoms with Crippen molar-refractivity contribution in [2.45, 2.75) is 33.6 Å². The second-order valence-electron chi connectivity index (χ2n) is 8.86. The summed E-state index contributed by atoms with van der Waals surface area (Å²) in [6.45, 7) is 5.74. The molecule has 6 heteroatoms. The minimum Gasteiger partial charge on any atom is -0.481 e. The predicted molar refractivity (Wildman–Crippen MR) is 135 cm³/mol. The molecule has 0 atom stereocenters. The standard InChI is InChI=1S/C28H30N2O4/c1-4-18-30(24-8-6-5-7-9-24)27(34)29-23-16-14-21(15-17-23)20-10-12-22(13-11-20)25(31)19-28(2,3)26(32)33/h5-17H,4,18-19H2,1-3H3,(H,29,34)(H,32,33). The number of hydrogen-bond donors (Lipinski definition) is 2. The Morgan fingerprint density at radius 3 is 1.94 bits per heavy atom. The van der Waals surface area contributed by atoms with Crippen molar-refractivity contribution in [1.82, 2.24) is 0 Å². The molecule has 0 aromatic heterocycles. The van der Waals surface area contributed by atoms with Gasteiger partial charge in [0, 0.05) is 29.9 Å². The van der Waals surface area contributed by atoms with Gasteiger partial charge in [0.2, 0.25) is 0 Å². The van der Waals surface area contributed by atoms with E-state index in [-0.39, 0.29) is 18.2 Å². The Hall–Kier alpha value is -3.93. The summed E-state index contributed by atoms with van der Waals surface area (Å²) < 4.78 is 0. The van der Waals surface area contributed by atoms with Gasteiger partial charge in [-0.25, -0.2) is 4.79 Å². The summed E-state index contributed by atoms with van der Waals surface area (Å²) in [4.78, 5) is 38.3. The monoisotopic (exact) mass is 458 g/mol. The smallest absolute Gasteiger partial charge is 0.326 e. The number of benzene rings is 3. The fourth-order valence-electron chi connectivity index (χ4n) is 3.54. The van der Waals surface area contributed by atoms with E-state index in [0.717, 1.165) is 23.2 Å². The van der Waals surface area contributed by atoms with Crippen LogP contribution < -0.4 is 10.2 Å². The van der Waals surface area contributed by atoms with Gasteiger partial charge in [-0.1, -0.05) is 61.5 Å². The van der Waals surface area contributed by atoms with Gasteiger partial charge >= 0.3 is 12.0 Å². The number of aliphatic carboxylic acids is 1. The molecular formula is C28H30N2O4. The van der Waals surface area contributed by atoms with Crippen LogP contribution in [0.1, 0.15) is 44.0 Å². The molecule has 0 saturated carbocycles. The van der Waals surface area contributed by atoms with Crippen molar-refractivity contribution in [1.29, 1.82) is 0 Å². The first kappa shape index (κ1) is 24.7. The number of ketones is 1. The number of hydrogen-bond acceptors (Lipinski definition) is 3. The van der Waals surface area contributed by atoms with Crippen LogP contribution in [0.4, 0.5) is 16.2 Å². The lowest BCUT2D eigenvalue weighted by atomic mass is 9.85. The van der Waals surface area contributed by atoms with Gasteiger partial charge in [-0.05, 0) is 55.7 Å². The summed E-state index contributed by atoms with van der Waals surface area (Å²) >= 11 is 0. The molecule has 0 aliphatic rings. The van der Waals surface area contributed by atoms with Gasteiger partial charge in [0.1, 0.15) is 0 Å². The van der Waals surface area contributed by atoms with Crippen molar-refractivity contribution in [2.75, 3.05) is 16.8 Å². The molecule has 0 unspecified atom stereocenters. The van der Waals surface area contributed by atoms with E-state index >= 15 is 0 Å². The molecule has 0 heterocycles. The third kappa shape index (κ3) is 6.10. The molecule has 2 N–H and O–H groups in total. The Morgan fingerprint density at radius 1 is 0.853 bits per heavy atom. The van der Waals surface area contributed by atoms with Crippen LogP contribution in [-0.4, -0.2) is 29.4 Å². The lowest BCUT2D eigenvalue weighted by molar-refractivity contribution is -0.146. The van der Waals surface area contributed by atoms with Crippen molar-refractivity contribution >= 4 is 29.2 Å². The summed E-state index contributed by atoms with van der Waals surface area (Å²) in [5.41, 5.74) is 2.77. The number of carbonyl (C=O) groups excluding carboxylic acids is 2. The van der Waals surface area contributed by atoms with E-state index in [2.05, 4.69) is 5.32 Å². The van der Waals surface area contributed by atoms with E-state index in [0.29, 0.717) is 17.8 Å². The quantitative estimate of drug-likeness (QED) is 0.359. The molecule has 0 saturated heterocycles. The van der Waals surface area contributed by atoms with Crippen LogP contribution in [0.2, 0.25) is 0 Å². The van der Waals surface area contributed by atoms with Crippen LogP contribution in [0, 0.1) is 5.41 Å². The summed E-state index contributed by atoms with van der Waals surface area (Å²) in [6.07, 6.45) is 0.779. The Kier molecular flexibility index (Phi) is 7.84. The average Bonchev–Trinajstić information content (AvgIpc) is 2.83. The van der Waals surface area contributed by atoms with Gasteiger partial charge in [0.15, 0.2) is 5.78 Å². The Labute approximate surface area is 200 Å². The zero-order valence-corrected chi connectivity index (χ0v) is 19.7. The van der Waals surface area contributed by atoms with Crippen molar-refractivity contribution in [3.8, 4) is 11.1 Å². The van der Waals surface area contributed by atoms with E-state index in [1.165, 1.54) is 0 Å². The average molecular weight is 459 g/mol. The molecule has 2 amide bonds. The van der Waals surface area contributed by atoms with Gasteiger partial charge in [-0.3, -0.25) is 14.5 Å². The fourth-order valence-corrected chi connectivity index (χ4v) is 3.54. The highest BCUT2D eigenvalue weighted by molar-refractivity contribution is 6.02. The number of carboxylic acids is 1. The maximum atomic E-state index is 12.8. The maximum Gasteiger partial charge on any atom is 0.326 e. The van der Waals surface area contributed by atoms with Gasteiger partial charge in [0.05, 0.1) is 5.41 Å². The normalized spacial score (nSPS) is 11.0. The van der Waals surface area contributed by atoms with Gasteiger partial charge < -0.3 is 10.4 Å². The molecule has 0 aliphatic heterocycles. The van der Waals surface area contributed by atoms with Crippen molar-refractivity contribution in [3.05, 3.63) is 84.4 Å². The molecule has 3 rings (SSSR count). The Balaban J connectivity index is 1.67. The number of rotatable bonds is 9. The Bertz CT molecular complexity index is 1140. The number of urea groups is 1. The number of Topliss-reactive ketones (excluding diaryl/α,β-unsaturated/α-hetero) is 1. The number of amides is 2. The number of carbonyl (C=O) groups is 3. The summed E-state index contributed by atoms with van der Waals surface area (Å²) in [5.74, 6) is -1.20. The molecular weight excluding hydrogens is 428 g/mol. The highest BCUT2D eigenvalue weighted by atomic mass is 16.4. The van der Waals surface area contributed by atoms with Gasteiger partial charge in [0.25, 0.3) is 0 Å². The van der Waals surface area contributed by atoms with Crippen LogP contribution in [0.3, 0.4) is 0 Å². The third-order valence-electron chi connectivity index (χ3n) is 5.62. The van der Waals surface area contributed by atoms with Gasteiger partial charge in [-0.2, -0.15) is 0 Å². The molecule has 3 aromatic rings. The zero-order chi connectivity index (χ0) is 24.7. The first-order chi connectivity index (χ1) is 16.2. The SMILES string of the molecule is CCCN(C(=O)Nc1ccc(-c2ccc(C(=O)CC(C)(C)C(=O)O)cc2)cc1)c1ccccc1. The lowest BCUT2D eigenvalue weighted by Gasteiger charge is -2.22.